The summed E-state index contributed by atoms with van der Waals surface area (Å²) in [6.07, 6.45) is -13.3. The molecular weight excluding hydrogens is 410 g/mol. The van der Waals surface area contributed by atoms with Crippen molar-refractivity contribution in [3.63, 3.8) is 0 Å². The third kappa shape index (κ3) is 5.06. The molecule has 0 aliphatic heterocycles. The van der Waals surface area contributed by atoms with E-state index in [1.54, 1.807) is 30.3 Å². The van der Waals surface area contributed by atoms with Crippen LogP contribution in [0.1, 0.15) is 24.5 Å². The lowest BCUT2D eigenvalue weighted by molar-refractivity contribution is -0.243. The molecule has 1 aromatic rings. The van der Waals surface area contributed by atoms with Gasteiger partial charge in [-0.05, 0) is 12.0 Å². The van der Waals surface area contributed by atoms with E-state index in [1.165, 1.54) is 0 Å². The first-order valence-electron chi connectivity index (χ1n) is 10.2. The monoisotopic (exact) mass is 439 g/mol. The first kappa shape index (κ1) is 24.0. The molecule has 2 aliphatic rings. The Morgan fingerprint density at radius 1 is 0.806 bits per heavy atom. The minimum absolute atomic E-state index is 0.00806. The molecule has 0 spiro atoms. The van der Waals surface area contributed by atoms with Crippen molar-refractivity contribution < 1.29 is 45.2 Å². The minimum atomic E-state index is -1.64. The highest BCUT2D eigenvalue weighted by Crippen LogP contribution is 2.34. The number of aliphatic hydroxyl groups excluding tert-OH is 7. The van der Waals surface area contributed by atoms with E-state index in [-0.39, 0.29) is 12.8 Å². The molecule has 0 bridgehead atoms. The van der Waals surface area contributed by atoms with Crippen molar-refractivity contribution in [2.24, 2.45) is 5.92 Å². The topological polar surface area (TPSA) is 184 Å². The Bertz CT molecular complexity index is 742. The molecule has 0 amide bonds. The summed E-state index contributed by atoms with van der Waals surface area (Å²) in [6, 6.07) is 10.6. The smallest absolute Gasteiger partial charge is 0.169 e. The second-order valence-corrected chi connectivity index (χ2v) is 8.16. The van der Waals surface area contributed by atoms with E-state index in [9.17, 15) is 41.0 Å². The maximum Gasteiger partial charge on any atom is 0.169 e. The molecule has 0 saturated heterocycles. The molecule has 0 aromatic heterocycles. The van der Waals surface area contributed by atoms with Crippen LogP contribution in [0.4, 0.5) is 0 Å². The quantitative estimate of drug-likeness (QED) is 0.261. The zero-order valence-electron chi connectivity index (χ0n) is 16.8. The van der Waals surface area contributed by atoms with Gasteiger partial charge in [0.25, 0.3) is 0 Å². The van der Waals surface area contributed by atoms with Crippen molar-refractivity contribution >= 4 is 0 Å². The van der Waals surface area contributed by atoms with Crippen molar-refractivity contribution in [1.29, 1.82) is 5.26 Å². The van der Waals surface area contributed by atoms with Crippen LogP contribution in [0.3, 0.4) is 0 Å². The molecule has 0 radical (unpaired) electrons. The Morgan fingerprint density at radius 2 is 1.35 bits per heavy atom. The zero-order chi connectivity index (χ0) is 22.7. The van der Waals surface area contributed by atoms with Gasteiger partial charge in [-0.15, -0.1) is 0 Å². The van der Waals surface area contributed by atoms with E-state index in [0.717, 1.165) is 0 Å². The largest absolute Gasteiger partial charge is 0.396 e. The van der Waals surface area contributed by atoms with Gasteiger partial charge < -0.3 is 45.2 Å². The molecule has 10 heteroatoms. The van der Waals surface area contributed by atoms with Gasteiger partial charge in [0.1, 0.15) is 30.5 Å². The van der Waals surface area contributed by atoms with Crippen molar-refractivity contribution in [3.05, 3.63) is 35.9 Å². The number of benzene rings is 1. The van der Waals surface area contributed by atoms with Gasteiger partial charge in [0.15, 0.2) is 6.10 Å². The first-order chi connectivity index (χ1) is 14.8. The van der Waals surface area contributed by atoms with Crippen molar-refractivity contribution in [1.82, 2.24) is 0 Å². The molecule has 172 valence electrons. The van der Waals surface area contributed by atoms with Gasteiger partial charge in [-0.1, -0.05) is 30.3 Å². The highest BCUT2D eigenvalue weighted by Gasteiger charge is 2.49. The van der Waals surface area contributed by atoms with Crippen molar-refractivity contribution in [2.45, 2.75) is 73.9 Å². The minimum Gasteiger partial charge on any atom is -0.396 e. The summed E-state index contributed by atoms with van der Waals surface area (Å²) >= 11 is 0. The van der Waals surface area contributed by atoms with Crippen molar-refractivity contribution in [3.8, 4) is 6.07 Å². The number of ether oxygens (including phenoxy) is 2. The van der Waals surface area contributed by atoms with Crippen LogP contribution in [0.25, 0.3) is 0 Å². The zero-order valence-corrected chi connectivity index (χ0v) is 16.8. The molecule has 11 unspecified atom stereocenters. The molecule has 31 heavy (non-hydrogen) atoms. The lowest BCUT2D eigenvalue weighted by atomic mass is 9.80. The van der Waals surface area contributed by atoms with Crippen LogP contribution < -0.4 is 0 Å². The average Bonchev–Trinajstić information content (AvgIpc) is 2.79. The van der Waals surface area contributed by atoms with Gasteiger partial charge in [-0.2, -0.15) is 5.26 Å². The Hall–Kier alpha value is -1.65. The van der Waals surface area contributed by atoms with Crippen LogP contribution in [-0.4, -0.2) is 97.3 Å². The van der Waals surface area contributed by atoms with Crippen molar-refractivity contribution in [2.75, 3.05) is 6.61 Å². The predicted molar refractivity (Wildman–Crippen MR) is 104 cm³/mol. The summed E-state index contributed by atoms with van der Waals surface area (Å²) in [5.74, 6) is -0.743. The third-order valence-corrected chi connectivity index (χ3v) is 6.14. The summed E-state index contributed by atoms with van der Waals surface area (Å²) < 4.78 is 11.5. The molecule has 2 fully saturated rings. The second-order valence-electron chi connectivity index (χ2n) is 8.16. The Morgan fingerprint density at radius 3 is 1.94 bits per heavy atom. The molecule has 3 rings (SSSR count). The lowest BCUT2D eigenvalue weighted by Gasteiger charge is -2.45. The van der Waals surface area contributed by atoms with E-state index >= 15 is 0 Å². The molecule has 11 atom stereocenters. The molecular formula is C21H29NO9. The predicted octanol–water partition coefficient (Wildman–Crippen LogP) is -2.03. The SMILES string of the molecule is N#CC(OC1CC(OC2CC(CO)C(O)C(O)C2O)C(O)C(O)C1O)c1ccccc1. The van der Waals surface area contributed by atoms with Crippen LogP contribution in [0.15, 0.2) is 30.3 Å². The Labute approximate surface area is 179 Å². The Kier molecular flexibility index (Phi) is 7.98. The summed E-state index contributed by atoms with van der Waals surface area (Å²) in [5.41, 5.74) is 0.556. The number of rotatable bonds is 6. The highest BCUT2D eigenvalue weighted by atomic mass is 16.5. The number of nitrogens with zero attached hydrogens (tertiary/aromatic N) is 1. The molecule has 1 aromatic carbocycles. The maximum absolute atomic E-state index is 10.4. The van der Waals surface area contributed by atoms with Crippen LogP contribution in [0.5, 0.6) is 0 Å². The van der Waals surface area contributed by atoms with Gasteiger partial charge in [0.2, 0.25) is 0 Å². The van der Waals surface area contributed by atoms with Gasteiger partial charge in [0.05, 0.1) is 30.5 Å². The fraction of sp³-hybridized carbons (Fsp3) is 0.667. The van der Waals surface area contributed by atoms with E-state index < -0.39 is 73.6 Å². The molecule has 10 nitrogen and oxygen atoms in total. The number of hydrogen-bond donors (Lipinski definition) is 7. The number of nitriles is 1. The number of aliphatic hydroxyl groups is 7. The molecule has 0 heterocycles. The lowest BCUT2D eigenvalue weighted by Crippen LogP contribution is -2.61. The summed E-state index contributed by atoms with van der Waals surface area (Å²) in [4.78, 5) is 0. The van der Waals surface area contributed by atoms with E-state index in [4.69, 9.17) is 9.47 Å². The first-order valence-corrected chi connectivity index (χ1v) is 10.2. The fourth-order valence-corrected chi connectivity index (χ4v) is 4.23. The van der Waals surface area contributed by atoms with E-state index in [0.29, 0.717) is 5.56 Å². The fourth-order valence-electron chi connectivity index (χ4n) is 4.23. The third-order valence-electron chi connectivity index (χ3n) is 6.14. The van der Waals surface area contributed by atoms with Gasteiger partial charge in [-0.25, -0.2) is 0 Å². The Balaban J connectivity index is 1.73. The highest BCUT2D eigenvalue weighted by molar-refractivity contribution is 5.22. The van der Waals surface area contributed by atoms with Crippen LogP contribution in [-0.2, 0) is 9.47 Å². The van der Waals surface area contributed by atoms with Gasteiger partial charge >= 0.3 is 0 Å². The van der Waals surface area contributed by atoms with Crippen LogP contribution >= 0.6 is 0 Å². The molecule has 7 N–H and O–H groups in total. The molecule has 2 saturated carbocycles. The second kappa shape index (κ2) is 10.3. The summed E-state index contributed by atoms with van der Waals surface area (Å²) in [6.45, 7) is -0.438. The average molecular weight is 439 g/mol. The van der Waals surface area contributed by atoms with Gasteiger partial charge in [0, 0.05) is 18.9 Å². The normalized spacial score (nSPS) is 42.0. The van der Waals surface area contributed by atoms with Gasteiger partial charge in [-0.3, -0.25) is 0 Å². The van der Waals surface area contributed by atoms with Crippen LogP contribution in [0.2, 0.25) is 0 Å². The molecule has 2 aliphatic carbocycles. The number of hydrogen-bond acceptors (Lipinski definition) is 10. The van der Waals surface area contributed by atoms with E-state index in [1.807, 2.05) is 6.07 Å². The summed E-state index contributed by atoms with van der Waals surface area (Å²) in [5, 5.41) is 80.2. The van der Waals surface area contributed by atoms with Crippen LogP contribution in [0, 0.1) is 17.2 Å². The van der Waals surface area contributed by atoms with E-state index in [2.05, 4.69) is 0 Å². The summed E-state index contributed by atoms with van der Waals surface area (Å²) in [7, 11) is 0. The maximum atomic E-state index is 10.4. The standard InChI is InChI=1S/C21H29NO9/c22-8-15(10-4-2-1-3-5-10)31-14-7-13(18(26)21(29)19(14)27)30-12-6-11(9-23)16(24)20(28)17(12)25/h1-5,11-21,23-29H,6-7,9H2.